The van der Waals surface area contributed by atoms with Crippen LogP contribution in [0.2, 0.25) is 0 Å². The van der Waals surface area contributed by atoms with Crippen LogP contribution in [-0.2, 0) is 0 Å². The van der Waals surface area contributed by atoms with Crippen LogP contribution in [0.1, 0.15) is 22.9 Å². The molecule has 1 aromatic carbocycles. The number of hydrogen-bond donors (Lipinski definition) is 2. The topological polar surface area (TPSA) is 60.2 Å². The summed E-state index contributed by atoms with van der Waals surface area (Å²) in [5.74, 6) is 1.69. The number of para-hydroxylation sites is 1. The van der Waals surface area contributed by atoms with Gasteiger partial charge in [0, 0.05) is 16.8 Å². The van der Waals surface area contributed by atoms with Crippen molar-refractivity contribution >= 4 is 23.0 Å². The molecule has 1 aliphatic rings. The van der Waals surface area contributed by atoms with Crippen molar-refractivity contribution in [3.8, 4) is 5.75 Å². The molecular weight excluding hydrogens is 270 g/mol. The maximum absolute atomic E-state index is 5.69. The molecule has 20 heavy (non-hydrogen) atoms. The van der Waals surface area contributed by atoms with Crippen LogP contribution < -0.4 is 15.8 Å². The molecule has 3 N–H and O–H groups in total. The van der Waals surface area contributed by atoms with Gasteiger partial charge in [-0.05, 0) is 25.1 Å². The van der Waals surface area contributed by atoms with E-state index in [0.29, 0.717) is 11.6 Å². The number of pyridine rings is 1. The first-order valence-corrected chi connectivity index (χ1v) is 6.81. The number of anilines is 1. The lowest BCUT2D eigenvalue weighted by Gasteiger charge is -2.14. The second-order valence-electron chi connectivity index (χ2n) is 4.79. The number of nitrogens with zero attached hydrogens (tertiary/aromatic N) is 1. The number of fused-ring (bicyclic) bond motifs is 1. The highest BCUT2D eigenvalue weighted by Gasteiger charge is 2.23. The van der Waals surface area contributed by atoms with Crippen LogP contribution in [0.25, 0.3) is 0 Å². The summed E-state index contributed by atoms with van der Waals surface area (Å²) in [5, 5.41) is 3.38. The van der Waals surface area contributed by atoms with Gasteiger partial charge in [-0.2, -0.15) is 0 Å². The summed E-state index contributed by atoms with van der Waals surface area (Å²) in [6, 6.07) is 11.9. The molecule has 0 spiro atoms. The number of thiocarbonyl (C=S) groups is 1. The quantitative estimate of drug-likeness (QED) is 0.849. The van der Waals surface area contributed by atoms with Crippen molar-refractivity contribution in [3.63, 3.8) is 0 Å². The van der Waals surface area contributed by atoms with E-state index in [1.54, 1.807) is 0 Å². The van der Waals surface area contributed by atoms with E-state index in [0.717, 1.165) is 28.4 Å². The zero-order valence-electron chi connectivity index (χ0n) is 11.1. The molecule has 0 saturated heterocycles. The third-order valence-electron chi connectivity index (χ3n) is 3.26. The van der Waals surface area contributed by atoms with Gasteiger partial charge in [-0.15, -0.1) is 0 Å². The van der Waals surface area contributed by atoms with Crippen molar-refractivity contribution in [1.82, 2.24) is 4.98 Å². The van der Waals surface area contributed by atoms with E-state index in [1.807, 2.05) is 37.3 Å². The highest BCUT2D eigenvalue weighted by atomic mass is 32.1. The number of nitrogens with one attached hydrogen (secondary N) is 1. The fourth-order valence-electron chi connectivity index (χ4n) is 2.35. The predicted octanol–water partition coefficient (Wildman–Crippen LogP) is 2.57. The summed E-state index contributed by atoms with van der Waals surface area (Å²) in [7, 11) is 0. The van der Waals surface area contributed by atoms with E-state index in [-0.39, 0.29) is 6.04 Å². The van der Waals surface area contributed by atoms with Crippen LogP contribution in [0, 0.1) is 6.92 Å². The van der Waals surface area contributed by atoms with Gasteiger partial charge in [0.25, 0.3) is 0 Å². The molecule has 4 nitrogen and oxygen atoms in total. The summed E-state index contributed by atoms with van der Waals surface area (Å²) < 4.78 is 5.65. The molecule has 0 saturated carbocycles. The fraction of sp³-hybridized carbons (Fsp3) is 0.200. The van der Waals surface area contributed by atoms with Gasteiger partial charge in [-0.1, -0.05) is 30.4 Å². The van der Waals surface area contributed by atoms with Gasteiger partial charge in [0.05, 0.1) is 6.04 Å². The molecule has 1 aromatic heterocycles. The molecule has 0 aliphatic carbocycles. The van der Waals surface area contributed by atoms with Gasteiger partial charge >= 0.3 is 0 Å². The van der Waals surface area contributed by atoms with Crippen molar-refractivity contribution in [3.05, 3.63) is 53.2 Å². The van der Waals surface area contributed by atoms with Crippen LogP contribution in [-0.4, -0.2) is 16.6 Å². The third kappa shape index (κ3) is 2.44. The van der Waals surface area contributed by atoms with Gasteiger partial charge in [0.1, 0.15) is 23.2 Å². The molecule has 2 aromatic rings. The minimum atomic E-state index is 0.0969. The summed E-state index contributed by atoms with van der Waals surface area (Å²) in [4.78, 5) is 4.85. The van der Waals surface area contributed by atoms with Crippen LogP contribution in [0.15, 0.2) is 36.4 Å². The monoisotopic (exact) mass is 285 g/mol. The van der Waals surface area contributed by atoms with E-state index in [2.05, 4.69) is 16.4 Å². The Hall–Kier alpha value is -2.14. The molecule has 3 rings (SSSR count). The average Bonchev–Trinajstić information content (AvgIpc) is 2.82. The number of rotatable bonds is 3. The van der Waals surface area contributed by atoms with Crippen LogP contribution in [0.3, 0.4) is 0 Å². The second kappa shape index (κ2) is 5.09. The highest BCUT2D eigenvalue weighted by Crippen LogP contribution is 2.33. The molecule has 0 amide bonds. The largest absolute Gasteiger partial charge is 0.491 e. The Morgan fingerprint density at radius 2 is 2.20 bits per heavy atom. The first-order valence-electron chi connectivity index (χ1n) is 6.40. The minimum absolute atomic E-state index is 0.0969. The average molecular weight is 285 g/mol. The van der Waals surface area contributed by atoms with E-state index >= 15 is 0 Å². The Bertz CT molecular complexity index is 672. The molecule has 5 heteroatoms. The van der Waals surface area contributed by atoms with Crippen LogP contribution in [0.4, 0.5) is 5.82 Å². The Morgan fingerprint density at radius 1 is 1.40 bits per heavy atom. The van der Waals surface area contributed by atoms with Crippen molar-refractivity contribution in [2.75, 3.05) is 11.9 Å². The van der Waals surface area contributed by atoms with Crippen molar-refractivity contribution in [1.29, 1.82) is 0 Å². The van der Waals surface area contributed by atoms with E-state index in [4.69, 9.17) is 22.7 Å². The summed E-state index contributed by atoms with van der Waals surface area (Å²) in [5.41, 5.74) is 8.53. The molecule has 1 unspecified atom stereocenters. The second-order valence-corrected chi connectivity index (χ2v) is 5.23. The lowest BCUT2D eigenvalue weighted by molar-refractivity contribution is 0.339. The smallest absolute Gasteiger partial charge is 0.127 e. The van der Waals surface area contributed by atoms with Gasteiger partial charge < -0.3 is 15.8 Å². The third-order valence-corrected chi connectivity index (χ3v) is 3.50. The van der Waals surface area contributed by atoms with Crippen LogP contribution >= 0.6 is 12.2 Å². The van der Waals surface area contributed by atoms with Crippen molar-refractivity contribution in [2.45, 2.75) is 13.0 Å². The van der Waals surface area contributed by atoms with E-state index in [9.17, 15) is 0 Å². The zero-order chi connectivity index (χ0) is 14.1. The van der Waals surface area contributed by atoms with E-state index < -0.39 is 0 Å². The summed E-state index contributed by atoms with van der Waals surface area (Å²) >= 11 is 5.02. The lowest BCUT2D eigenvalue weighted by atomic mass is 10.1. The molecule has 102 valence electrons. The van der Waals surface area contributed by atoms with Gasteiger partial charge in [-0.25, -0.2) is 4.98 Å². The SMILES string of the molecule is Cc1cc(C(N)=S)cc(NC2COc3ccccc32)n1. The molecule has 0 fully saturated rings. The summed E-state index contributed by atoms with van der Waals surface area (Å²) in [6.07, 6.45) is 0. The highest BCUT2D eigenvalue weighted by molar-refractivity contribution is 7.80. The first-order chi connectivity index (χ1) is 9.63. The Balaban J connectivity index is 1.88. The van der Waals surface area contributed by atoms with E-state index in [1.165, 1.54) is 0 Å². The van der Waals surface area contributed by atoms with Crippen molar-refractivity contribution < 1.29 is 4.74 Å². The Labute approximate surface area is 123 Å². The molecule has 0 bridgehead atoms. The lowest BCUT2D eigenvalue weighted by Crippen LogP contribution is -2.15. The van der Waals surface area contributed by atoms with Gasteiger partial charge in [-0.3, -0.25) is 0 Å². The number of aromatic nitrogens is 1. The minimum Gasteiger partial charge on any atom is -0.491 e. The predicted molar refractivity (Wildman–Crippen MR) is 83.2 cm³/mol. The standard InChI is InChI=1S/C15H15N3OS/c1-9-6-10(15(16)20)7-14(17-9)18-12-8-19-13-5-3-2-4-11(12)13/h2-7,12H,8H2,1H3,(H2,16,20)(H,17,18). The Morgan fingerprint density at radius 3 is 3.00 bits per heavy atom. The number of aryl methyl sites for hydroxylation is 1. The number of benzene rings is 1. The molecule has 0 radical (unpaired) electrons. The number of nitrogens with two attached hydrogens (primary N) is 1. The van der Waals surface area contributed by atoms with Gasteiger partial charge in [0.15, 0.2) is 0 Å². The Kier molecular flexibility index (Phi) is 3.28. The molecule has 1 aliphatic heterocycles. The maximum atomic E-state index is 5.69. The van der Waals surface area contributed by atoms with Crippen molar-refractivity contribution in [2.24, 2.45) is 5.73 Å². The fourth-order valence-corrected chi connectivity index (χ4v) is 2.46. The normalized spacial score (nSPS) is 16.4. The molecule has 1 atom stereocenters. The first kappa shape index (κ1) is 12.9. The van der Waals surface area contributed by atoms with Gasteiger partial charge in [0.2, 0.25) is 0 Å². The molecule has 2 heterocycles. The number of ether oxygens (including phenoxy) is 1. The maximum Gasteiger partial charge on any atom is 0.127 e. The summed E-state index contributed by atoms with van der Waals surface area (Å²) in [6.45, 7) is 2.52. The number of hydrogen-bond acceptors (Lipinski definition) is 4. The zero-order valence-corrected chi connectivity index (χ0v) is 11.9. The van der Waals surface area contributed by atoms with Crippen LogP contribution in [0.5, 0.6) is 5.75 Å². The molecular formula is C15H15N3OS.